The highest BCUT2D eigenvalue weighted by Gasteiger charge is 2.17. The van der Waals surface area contributed by atoms with Gasteiger partial charge in [0.1, 0.15) is 5.76 Å². The first kappa shape index (κ1) is 20.3. The van der Waals surface area contributed by atoms with E-state index in [4.69, 9.17) is 32.0 Å². The Morgan fingerprint density at radius 2 is 1.88 bits per heavy atom. The highest BCUT2D eigenvalue weighted by atomic mass is 35.5. The largest absolute Gasteiger partial charge is 0.451 e. The van der Waals surface area contributed by atoms with E-state index in [2.05, 4.69) is 15.3 Å². The lowest BCUT2D eigenvalue weighted by Crippen LogP contribution is -2.11. The van der Waals surface area contributed by atoms with E-state index in [0.29, 0.717) is 44.2 Å². The molecule has 8 heteroatoms. The molecule has 0 radical (unpaired) electrons. The molecular formula is C24H15Cl2N3O3. The highest BCUT2D eigenvalue weighted by Crippen LogP contribution is 2.32. The van der Waals surface area contributed by atoms with Gasteiger partial charge in [0, 0.05) is 28.0 Å². The number of oxazole rings is 1. The van der Waals surface area contributed by atoms with E-state index >= 15 is 0 Å². The number of aryl methyl sites for hydroxylation is 1. The van der Waals surface area contributed by atoms with E-state index in [1.165, 1.54) is 0 Å². The molecule has 3 heterocycles. The summed E-state index contributed by atoms with van der Waals surface area (Å²) in [6.45, 7) is 1.90. The summed E-state index contributed by atoms with van der Waals surface area (Å²) in [5.41, 5.74) is 3.99. The van der Waals surface area contributed by atoms with Gasteiger partial charge in [-0.2, -0.15) is 4.98 Å². The van der Waals surface area contributed by atoms with Crippen LogP contribution in [0.25, 0.3) is 34.0 Å². The summed E-state index contributed by atoms with van der Waals surface area (Å²) in [7, 11) is 0. The van der Waals surface area contributed by atoms with Crippen LogP contribution in [0.3, 0.4) is 0 Å². The molecule has 0 fully saturated rings. The number of carbonyl (C=O) groups is 1. The van der Waals surface area contributed by atoms with Crippen LogP contribution in [0.4, 0.5) is 5.69 Å². The number of aromatic nitrogens is 2. The third-order valence-corrected chi connectivity index (χ3v) is 5.47. The van der Waals surface area contributed by atoms with Gasteiger partial charge in [-0.15, -0.1) is 0 Å². The van der Waals surface area contributed by atoms with E-state index < -0.39 is 0 Å². The summed E-state index contributed by atoms with van der Waals surface area (Å²) >= 11 is 12.2. The number of nitrogens with one attached hydrogen (secondary N) is 1. The lowest BCUT2D eigenvalue weighted by molar-refractivity contribution is 0.0997. The number of amides is 1. The van der Waals surface area contributed by atoms with Crippen LogP contribution >= 0.6 is 23.2 Å². The molecule has 1 amide bonds. The van der Waals surface area contributed by atoms with Gasteiger partial charge >= 0.3 is 0 Å². The Morgan fingerprint density at radius 3 is 2.69 bits per heavy atom. The quantitative estimate of drug-likeness (QED) is 0.309. The molecule has 0 unspecified atom stereocenters. The van der Waals surface area contributed by atoms with Crippen LogP contribution < -0.4 is 5.32 Å². The molecule has 158 valence electrons. The van der Waals surface area contributed by atoms with Gasteiger partial charge in [-0.25, -0.2) is 4.98 Å². The van der Waals surface area contributed by atoms with Crippen molar-refractivity contribution in [3.05, 3.63) is 88.2 Å². The number of nitrogens with zero attached hydrogens (tertiary/aromatic N) is 2. The normalized spacial score (nSPS) is 11.1. The summed E-state index contributed by atoms with van der Waals surface area (Å²) in [4.78, 5) is 21.4. The maximum absolute atomic E-state index is 12.8. The van der Waals surface area contributed by atoms with E-state index in [1.807, 2.05) is 19.1 Å². The first-order chi connectivity index (χ1) is 15.5. The fourth-order valence-electron chi connectivity index (χ4n) is 3.26. The minimum absolute atomic E-state index is 0.155. The SMILES string of the molecule is Cc1ccc(-c2nc3ncccc3o2)cc1NC(=O)c1ccc(-c2ccc(Cl)cc2Cl)o1. The lowest BCUT2D eigenvalue weighted by atomic mass is 10.1. The predicted octanol–water partition coefficient (Wildman–Crippen LogP) is 7.02. The number of carbonyl (C=O) groups excluding carboxylic acids is 1. The molecule has 5 aromatic rings. The van der Waals surface area contributed by atoms with Crippen LogP contribution in [-0.4, -0.2) is 15.9 Å². The van der Waals surface area contributed by atoms with Gasteiger partial charge in [0.15, 0.2) is 17.0 Å². The van der Waals surface area contributed by atoms with Crippen LogP contribution in [0, 0.1) is 6.92 Å². The molecule has 2 aromatic carbocycles. The zero-order valence-electron chi connectivity index (χ0n) is 16.7. The topological polar surface area (TPSA) is 81.2 Å². The standard InChI is InChI=1S/C24H15Cl2N3O3/c1-13-4-5-14(24-29-22-20(32-24)3-2-10-27-22)11-18(13)28-23(30)21-9-8-19(31-21)16-7-6-15(25)12-17(16)26/h2-12H,1H3,(H,28,30). The predicted molar refractivity (Wildman–Crippen MR) is 124 cm³/mol. The highest BCUT2D eigenvalue weighted by molar-refractivity contribution is 6.36. The van der Waals surface area contributed by atoms with Crippen molar-refractivity contribution in [3.8, 4) is 22.8 Å². The average Bonchev–Trinajstić information content (AvgIpc) is 3.42. The molecule has 6 nitrogen and oxygen atoms in total. The second kappa shape index (κ2) is 8.15. The fraction of sp³-hybridized carbons (Fsp3) is 0.0417. The van der Waals surface area contributed by atoms with Gasteiger partial charge in [0.25, 0.3) is 5.91 Å². The maximum Gasteiger partial charge on any atom is 0.291 e. The van der Waals surface area contributed by atoms with Crippen molar-refractivity contribution in [1.82, 2.24) is 9.97 Å². The number of rotatable bonds is 4. The van der Waals surface area contributed by atoms with E-state index in [1.54, 1.807) is 54.7 Å². The molecule has 0 aliphatic heterocycles. The Bertz CT molecular complexity index is 1440. The Labute approximate surface area is 192 Å². The van der Waals surface area contributed by atoms with Crippen molar-refractivity contribution in [3.63, 3.8) is 0 Å². The molecule has 0 saturated carbocycles. The number of halogens is 2. The van der Waals surface area contributed by atoms with Gasteiger partial charge in [-0.05, 0) is 67.1 Å². The van der Waals surface area contributed by atoms with Gasteiger partial charge in [0.2, 0.25) is 5.89 Å². The molecule has 0 aliphatic carbocycles. The maximum atomic E-state index is 12.8. The minimum atomic E-state index is -0.388. The van der Waals surface area contributed by atoms with Crippen molar-refractivity contribution >= 4 is 46.0 Å². The monoisotopic (exact) mass is 463 g/mol. The Balaban J connectivity index is 1.41. The van der Waals surface area contributed by atoms with Crippen molar-refractivity contribution in [2.45, 2.75) is 6.92 Å². The van der Waals surface area contributed by atoms with Crippen molar-refractivity contribution < 1.29 is 13.6 Å². The number of fused-ring (bicyclic) bond motifs is 1. The van der Waals surface area contributed by atoms with Crippen LogP contribution in [0.15, 0.2) is 75.7 Å². The van der Waals surface area contributed by atoms with Gasteiger partial charge in [-0.3, -0.25) is 4.79 Å². The number of anilines is 1. The fourth-order valence-corrected chi connectivity index (χ4v) is 3.76. The summed E-state index contributed by atoms with van der Waals surface area (Å²) in [5.74, 6) is 0.663. The second-order valence-electron chi connectivity index (χ2n) is 7.12. The van der Waals surface area contributed by atoms with Crippen LogP contribution in [0.2, 0.25) is 10.0 Å². The lowest BCUT2D eigenvalue weighted by Gasteiger charge is -2.08. The Morgan fingerprint density at radius 1 is 1.00 bits per heavy atom. The van der Waals surface area contributed by atoms with Crippen molar-refractivity contribution in [1.29, 1.82) is 0 Å². The summed E-state index contributed by atoms with van der Waals surface area (Å²) in [5, 5.41) is 3.85. The zero-order valence-corrected chi connectivity index (χ0v) is 18.2. The number of pyridine rings is 1. The van der Waals surface area contributed by atoms with Crippen LogP contribution in [-0.2, 0) is 0 Å². The number of hydrogen-bond donors (Lipinski definition) is 1. The van der Waals surface area contributed by atoms with Crippen LogP contribution in [0.1, 0.15) is 16.1 Å². The third kappa shape index (κ3) is 3.86. The van der Waals surface area contributed by atoms with E-state index in [-0.39, 0.29) is 11.7 Å². The molecule has 0 atom stereocenters. The van der Waals surface area contributed by atoms with Gasteiger partial charge < -0.3 is 14.2 Å². The van der Waals surface area contributed by atoms with Crippen molar-refractivity contribution in [2.75, 3.05) is 5.32 Å². The van der Waals surface area contributed by atoms with Crippen molar-refractivity contribution in [2.24, 2.45) is 0 Å². The second-order valence-corrected chi connectivity index (χ2v) is 7.96. The number of furan rings is 1. The molecule has 0 saturated heterocycles. The molecule has 1 N–H and O–H groups in total. The molecule has 32 heavy (non-hydrogen) atoms. The van der Waals surface area contributed by atoms with E-state index in [0.717, 1.165) is 11.1 Å². The summed E-state index contributed by atoms with van der Waals surface area (Å²) < 4.78 is 11.5. The van der Waals surface area contributed by atoms with Gasteiger partial charge in [0.05, 0.1) is 5.02 Å². The molecule has 0 bridgehead atoms. The average molecular weight is 464 g/mol. The molecular weight excluding hydrogens is 449 g/mol. The van der Waals surface area contributed by atoms with E-state index in [9.17, 15) is 4.79 Å². The molecule has 5 rings (SSSR count). The molecule has 0 spiro atoms. The Hall–Kier alpha value is -3.61. The smallest absolute Gasteiger partial charge is 0.291 e. The summed E-state index contributed by atoms with van der Waals surface area (Å²) in [6.07, 6.45) is 1.66. The first-order valence-corrected chi connectivity index (χ1v) is 10.4. The third-order valence-electron chi connectivity index (χ3n) is 4.92. The Kier molecular flexibility index (Phi) is 5.17. The first-order valence-electron chi connectivity index (χ1n) is 9.67. The number of hydrogen-bond acceptors (Lipinski definition) is 5. The summed E-state index contributed by atoms with van der Waals surface area (Å²) in [6, 6.07) is 17.5. The molecule has 0 aliphatic rings. The zero-order chi connectivity index (χ0) is 22.2. The minimum Gasteiger partial charge on any atom is -0.451 e. The number of benzene rings is 2. The van der Waals surface area contributed by atoms with Gasteiger partial charge in [-0.1, -0.05) is 29.3 Å². The molecule has 3 aromatic heterocycles. The van der Waals surface area contributed by atoms with Crippen LogP contribution in [0.5, 0.6) is 0 Å².